The van der Waals surface area contributed by atoms with Crippen molar-refractivity contribution < 1.29 is 37.3 Å². The monoisotopic (exact) mass is 682 g/mol. The molecule has 5 unspecified atom stereocenters. The number of aromatic nitrogens is 2. The molecule has 262 valence electrons. The van der Waals surface area contributed by atoms with Gasteiger partial charge in [0.1, 0.15) is 6.04 Å². The van der Waals surface area contributed by atoms with Crippen molar-refractivity contribution in [2.45, 2.75) is 63.6 Å². The number of hydrogen-bond donors (Lipinski definition) is 2. The van der Waals surface area contributed by atoms with Gasteiger partial charge in [0.2, 0.25) is 11.9 Å². The highest BCUT2D eigenvalue weighted by Crippen LogP contribution is 2.42. The summed E-state index contributed by atoms with van der Waals surface area (Å²) >= 11 is 0. The van der Waals surface area contributed by atoms with Gasteiger partial charge in [-0.2, -0.15) is 13.2 Å². The molecule has 2 amide bonds. The van der Waals surface area contributed by atoms with Gasteiger partial charge in [-0.15, -0.1) is 0 Å². The highest BCUT2D eigenvalue weighted by molar-refractivity contribution is 5.90. The van der Waals surface area contributed by atoms with Crippen LogP contribution in [0.25, 0.3) is 0 Å². The summed E-state index contributed by atoms with van der Waals surface area (Å²) in [7, 11) is 0. The number of benzene rings is 2. The SMILES string of the molecule is CC1C(CN2CCN(c3ncccn3)CC2)OC(c2ccc(CNC(=O)C3CCCN3C(=O)C(F)(F)F)cc2)OC1c1ccc(CO)cc1. The lowest BCUT2D eigenvalue weighted by Gasteiger charge is -2.44. The second-order valence-corrected chi connectivity index (χ2v) is 12.8. The lowest BCUT2D eigenvalue weighted by atomic mass is 9.90. The molecular formula is C35H41F3N6O5. The van der Waals surface area contributed by atoms with Crippen molar-refractivity contribution in [3.8, 4) is 0 Å². The van der Waals surface area contributed by atoms with Gasteiger partial charge in [-0.25, -0.2) is 9.97 Å². The average molecular weight is 683 g/mol. The third-order valence-electron chi connectivity index (χ3n) is 9.55. The van der Waals surface area contributed by atoms with Crippen LogP contribution in [0.4, 0.5) is 19.1 Å². The number of hydrogen-bond acceptors (Lipinski definition) is 9. The Balaban J connectivity index is 1.11. The maximum Gasteiger partial charge on any atom is 0.471 e. The number of anilines is 1. The minimum atomic E-state index is -5.02. The Labute approximate surface area is 283 Å². The molecular weight excluding hydrogens is 641 g/mol. The summed E-state index contributed by atoms with van der Waals surface area (Å²) in [5.41, 5.74) is 3.32. The van der Waals surface area contributed by atoms with E-state index in [4.69, 9.17) is 9.47 Å². The molecule has 2 aromatic carbocycles. The molecule has 5 atom stereocenters. The van der Waals surface area contributed by atoms with Crippen LogP contribution in [-0.2, 0) is 32.2 Å². The molecule has 3 aliphatic rings. The van der Waals surface area contributed by atoms with E-state index in [1.165, 1.54) is 0 Å². The smallest absolute Gasteiger partial charge is 0.392 e. The number of alkyl halides is 3. The van der Waals surface area contributed by atoms with Crippen LogP contribution in [0.1, 0.15) is 54.4 Å². The molecule has 2 N–H and O–H groups in total. The topological polar surface area (TPSA) is 120 Å². The first-order chi connectivity index (χ1) is 23.6. The molecule has 14 heteroatoms. The van der Waals surface area contributed by atoms with Crippen molar-refractivity contribution in [2.24, 2.45) is 5.92 Å². The van der Waals surface area contributed by atoms with Crippen LogP contribution in [0.5, 0.6) is 0 Å². The number of aliphatic hydroxyl groups excluding tert-OH is 1. The predicted molar refractivity (Wildman–Crippen MR) is 173 cm³/mol. The number of aliphatic hydroxyl groups is 1. The van der Waals surface area contributed by atoms with Crippen molar-refractivity contribution in [2.75, 3.05) is 44.2 Å². The minimum Gasteiger partial charge on any atom is -0.392 e. The van der Waals surface area contributed by atoms with E-state index in [0.29, 0.717) is 17.9 Å². The summed E-state index contributed by atoms with van der Waals surface area (Å²) in [6, 6.07) is 15.8. The van der Waals surface area contributed by atoms with E-state index in [1.54, 1.807) is 18.5 Å². The fourth-order valence-electron chi connectivity index (χ4n) is 6.71. The summed E-state index contributed by atoms with van der Waals surface area (Å²) in [5, 5.41) is 12.2. The number of nitrogens with zero attached hydrogens (tertiary/aromatic N) is 5. The van der Waals surface area contributed by atoms with Gasteiger partial charge >= 0.3 is 12.1 Å². The molecule has 0 saturated carbocycles. The van der Waals surface area contributed by atoms with Crippen LogP contribution in [-0.4, -0.2) is 94.3 Å². The number of likely N-dealkylation sites (tertiary alicyclic amines) is 1. The fraction of sp³-hybridized carbons (Fsp3) is 0.486. The first-order valence-electron chi connectivity index (χ1n) is 16.6. The molecule has 3 saturated heterocycles. The van der Waals surface area contributed by atoms with E-state index in [9.17, 15) is 27.9 Å². The van der Waals surface area contributed by atoms with Gasteiger partial charge < -0.3 is 29.7 Å². The zero-order valence-electron chi connectivity index (χ0n) is 27.3. The fourth-order valence-corrected chi connectivity index (χ4v) is 6.71. The molecule has 3 fully saturated rings. The number of halogens is 3. The lowest BCUT2D eigenvalue weighted by Crippen LogP contribution is -2.51. The molecule has 0 spiro atoms. The number of carbonyl (C=O) groups excluding carboxylic acids is 2. The maximum absolute atomic E-state index is 13.0. The summed E-state index contributed by atoms with van der Waals surface area (Å²) in [4.78, 5) is 38.5. The second-order valence-electron chi connectivity index (χ2n) is 12.8. The highest BCUT2D eigenvalue weighted by atomic mass is 19.4. The van der Waals surface area contributed by atoms with E-state index in [2.05, 4.69) is 32.0 Å². The Hall–Kier alpha value is -4.11. The number of ether oxygens (including phenoxy) is 2. The summed E-state index contributed by atoms with van der Waals surface area (Å²) in [5.74, 6) is -1.85. The van der Waals surface area contributed by atoms with Crippen molar-refractivity contribution in [1.29, 1.82) is 0 Å². The van der Waals surface area contributed by atoms with Crippen molar-refractivity contribution in [1.82, 2.24) is 25.1 Å². The first-order valence-corrected chi connectivity index (χ1v) is 16.6. The van der Waals surface area contributed by atoms with Gasteiger partial charge in [0.05, 0.1) is 18.8 Å². The Morgan fingerprint density at radius 2 is 1.57 bits per heavy atom. The Kier molecular flexibility index (Phi) is 10.8. The van der Waals surface area contributed by atoms with E-state index in [0.717, 1.165) is 54.4 Å². The second kappa shape index (κ2) is 15.2. The van der Waals surface area contributed by atoms with Crippen molar-refractivity contribution in [3.05, 3.63) is 89.2 Å². The average Bonchev–Trinajstić information content (AvgIpc) is 3.62. The number of amides is 2. The molecule has 3 aromatic rings. The van der Waals surface area contributed by atoms with Crippen LogP contribution >= 0.6 is 0 Å². The highest BCUT2D eigenvalue weighted by Gasteiger charge is 2.47. The number of nitrogens with one attached hydrogen (secondary N) is 1. The van der Waals surface area contributed by atoms with Crippen molar-refractivity contribution >= 4 is 17.8 Å². The van der Waals surface area contributed by atoms with Gasteiger partial charge in [-0.05, 0) is 35.6 Å². The normalized spacial score (nSPS) is 25.0. The Morgan fingerprint density at radius 1 is 0.918 bits per heavy atom. The molecule has 6 rings (SSSR count). The predicted octanol–water partition coefficient (Wildman–Crippen LogP) is 3.75. The summed E-state index contributed by atoms with van der Waals surface area (Å²) in [6.45, 7) is 6.03. The van der Waals surface area contributed by atoms with Gasteiger partial charge in [-0.1, -0.05) is 55.5 Å². The van der Waals surface area contributed by atoms with Crippen LogP contribution in [0.3, 0.4) is 0 Å². The molecule has 4 heterocycles. The van der Waals surface area contributed by atoms with Crippen LogP contribution in [0.15, 0.2) is 67.0 Å². The summed E-state index contributed by atoms with van der Waals surface area (Å²) in [6.07, 6.45) is -2.12. The standard InChI is InChI=1S/C35H41F3N6O5/c1-23-29(21-42-16-18-43(19-17-42)34-39-13-3-14-40-34)48-32(49-30(23)26-9-7-25(22-45)8-10-26)27-11-5-24(6-12-27)20-41-31(46)28-4-2-15-44(28)33(47)35(36,37)38/h3,5-14,23,28-30,32,45H,2,4,15-22H2,1H3,(H,41,46). The number of rotatable bonds is 9. The van der Waals surface area contributed by atoms with Crippen LogP contribution in [0.2, 0.25) is 0 Å². The third kappa shape index (κ3) is 8.20. The molecule has 0 bridgehead atoms. The third-order valence-corrected chi connectivity index (χ3v) is 9.55. The van der Waals surface area contributed by atoms with E-state index >= 15 is 0 Å². The maximum atomic E-state index is 13.0. The van der Waals surface area contributed by atoms with E-state index < -0.39 is 30.3 Å². The van der Waals surface area contributed by atoms with E-state index in [-0.39, 0.29) is 44.2 Å². The van der Waals surface area contributed by atoms with E-state index in [1.807, 2.05) is 48.5 Å². The number of carbonyl (C=O) groups is 2. The van der Waals surface area contributed by atoms with Gasteiger partial charge in [0.25, 0.3) is 0 Å². The Morgan fingerprint density at radius 3 is 2.22 bits per heavy atom. The first kappa shape index (κ1) is 34.7. The quantitative estimate of drug-likeness (QED) is 0.348. The number of piperazine rings is 1. The minimum absolute atomic E-state index is 0.0144. The van der Waals surface area contributed by atoms with Crippen molar-refractivity contribution in [3.63, 3.8) is 0 Å². The van der Waals surface area contributed by atoms with Gasteiger partial charge in [0.15, 0.2) is 6.29 Å². The molecule has 0 radical (unpaired) electrons. The zero-order valence-corrected chi connectivity index (χ0v) is 27.3. The lowest BCUT2D eigenvalue weighted by molar-refractivity contribution is -0.276. The molecule has 0 aliphatic carbocycles. The van der Waals surface area contributed by atoms with Crippen LogP contribution < -0.4 is 10.2 Å². The molecule has 1 aromatic heterocycles. The largest absolute Gasteiger partial charge is 0.471 e. The molecule has 49 heavy (non-hydrogen) atoms. The molecule has 3 aliphatic heterocycles. The summed E-state index contributed by atoms with van der Waals surface area (Å²) < 4.78 is 52.2. The van der Waals surface area contributed by atoms with Crippen LogP contribution in [0, 0.1) is 5.92 Å². The van der Waals surface area contributed by atoms with Gasteiger partial charge in [0, 0.05) is 69.7 Å². The Bertz CT molecular complexity index is 1550. The zero-order chi connectivity index (χ0) is 34.5. The molecule has 11 nitrogen and oxygen atoms in total. The van der Waals surface area contributed by atoms with Gasteiger partial charge in [-0.3, -0.25) is 14.5 Å².